The SMILES string of the molecule is CCCC(C)(O)CNc1ncnc(Cl)c1CC. The highest BCUT2D eigenvalue weighted by Crippen LogP contribution is 2.21. The minimum Gasteiger partial charge on any atom is -0.388 e. The summed E-state index contributed by atoms with van der Waals surface area (Å²) in [5.41, 5.74) is 0.165. The molecule has 0 saturated carbocycles. The highest BCUT2D eigenvalue weighted by molar-refractivity contribution is 6.30. The van der Waals surface area contributed by atoms with Crippen LogP contribution in [0.2, 0.25) is 5.15 Å². The number of aliphatic hydroxyl groups is 1. The zero-order valence-electron chi connectivity index (χ0n) is 10.6. The first-order chi connectivity index (χ1) is 8.00. The van der Waals surface area contributed by atoms with E-state index in [-0.39, 0.29) is 0 Å². The van der Waals surface area contributed by atoms with E-state index < -0.39 is 5.60 Å². The number of hydrogen-bond acceptors (Lipinski definition) is 4. The molecule has 0 aliphatic heterocycles. The second-order valence-corrected chi connectivity index (χ2v) is 4.80. The summed E-state index contributed by atoms with van der Waals surface area (Å²) in [5.74, 6) is 0.712. The Labute approximate surface area is 107 Å². The molecule has 1 heterocycles. The largest absolute Gasteiger partial charge is 0.388 e. The van der Waals surface area contributed by atoms with Crippen LogP contribution >= 0.6 is 11.6 Å². The Morgan fingerprint density at radius 2 is 2.12 bits per heavy atom. The minimum atomic E-state index is -0.725. The van der Waals surface area contributed by atoms with Gasteiger partial charge in [-0.2, -0.15) is 0 Å². The van der Waals surface area contributed by atoms with Gasteiger partial charge in [0, 0.05) is 12.1 Å². The average Bonchev–Trinajstić information content (AvgIpc) is 2.26. The Morgan fingerprint density at radius 1 is 1.41 bits per heavy atom. The van der Waals surface area contributed by atoms with Gasteiger partial charge in [-0.15, -0.1) is 0 Å². The van der Waals surface area contributed by atoms with Gasteiger partial charge in [-0.05, 0) is 19.8 Å². The summed E-state index contributed by atoms with van der Waals surface area (Å²) in [6, 6.07) is 0. The maximum absolute atomic E-state index is 10.1. The second kappa shape index (κ2) is 6.17. The van der Waals surface area contributed by atoms with Crippen LogP contribution < -0.4 is 5.32 Å². The van der Waals surface area contributed by atoms with Crippen LogP contribution in [0.4, 0.5) is 5.82 Å². The van der Waals surface area contributed by atoms with Crippen LogP contribution in [0.25, 0.3) is 0 Å². The van der Waals surface area contributed by atoms with E-state index in [1.165, 1.54) is 6.33 Å². The molecule has 1 aromatic heterocycles. The van der Waals surface area contributed by atoms with Gasteiger partial charge in [-0.3, -0.25) is 0 Å². The van der Waals surface area contributed by atoms with Gasteiger partial charge in [0.25, 0.3) is 0 Å². The van der Waals surface area contributed by atoms with Crippen LogP contribution in [0.1, 0.15) is 39.2 Å². The first-order valence-electron chi connectivity index (χ1n) is 5.95. The van der Waals surface area contributed by atoms with Gasteiger partial charge in [-0.25, -0.2) is 9.97 Å². The van der Waals surface area contributed by atoms with E-state index in [4.69, 9.17) is 11.6 Å². The van der Waals surface area contributed by atoms with Gasteiger partial charge in [0.15, 0.2) is 0 Å². The van der Waals surface area contributed by atoms with Crippen molar-refractivity contribution >= 4 is 17.4 Å². The number of halogens is 1. The van der Waals surface area contributed by atoms with E-state index >= 15 is 0 Å². The summed E-state index contributed by atoms with van der Waals surface area (Å²) < 4.78 is 0. The first kappa shape index (κ1) is 14.2. The summed E-state index contributed by atoms with van der Waals surface area (Å²) >= 11 is 5.99. The van der Waals surface area contributed by atoms with Crippen molar-refractivity contribution in [3.05, 3.63) is 17.0 Å². The molecule has 1 unspecified atom stereocenters. The molecule has 1 aromatic rings. The average molecular weight is 258 g/mol. The zero-order valence-corrected chi connectivity index (χ0v) is 11.4. The van der Waals surface area contributed by atoms with Crippen molar-refractivity contribution in [3.63, 3.8) is 0 Å². The molecule has 17 heavy (non-hydrogen) atoms. The molecule has 5 heteroatoms. The van der Waals surface area contributed by atoms with Crippen molar-refractivity contribution in [1.29, 1.82) is 0 Å². The van der Waals surface area contributed by atoms with Gasteiger partial charge < -0.3 is 10.4 Å². The molecule has 0 amide bonds. The molecule has 0 fully saturated rings. The van der Waals surface area contributed by atoms with Crippen LogP contribution in [0.15, 0.2) is 6.33 Å². The maximum Gasteiger partial charge on any atom is 0.137 e. The summed E-state index contributed by atoms with van der Waals surface area (Å²) in [5, 5.41) is 13.7. The summed E-state index contributed by atoms with van der Waals surface area (Å²) in [4.78, 5) is 8.10. The molecule has 0 aliphatic rings. The zero-order chi connectivity index (χ0) is 12.9. The lowest BCUT2D eigenvalue weighted by atomic mass is 10.0. The van der Waals surface area contributed by atoms with Crippen LogP contribution in [0.3, 0.4) is 0 Å². The lowest BCUT2D eigenvalue weighted by Crippen LogP contribution is -2.33. The van der Waals surface area contributed by atoms with Crippen molar-refractivity contribution in [2.45, 2.75) is 45.6 Å². The lowest BCUT2D eigenvalue weighted by molar-refractivity contribution is 0.0636. The standard InChI is InChI=1S/C12H20ClN3O/c1-4-6-12(3,17)7-14-11-9(5-2)10(13)15-8-16-11/h8,17H,4-7H2,1-3H3,(H,14,15,16). The van der Waals surface area contributed by atoms with Crippen molar-refractivity contribution < 1.29 is 5.11 Å². The predicted molar refractivity (Wildman–Crippen MR) is 70.4 cm³/mol. The fourth-order valence-corrected chi connectivity index (χ4v) is 2.02. The highest BCUT2D eigenvalue weighted by atomic mass is 35.5. The molecule has 4 nitrogen and oxygen atoms in total. The number of hydrogen-bond donors (Lipinski definition) is 2. The van der Waals surface area contributed by atoms with Crippen molar-refractivity contribution in [2.75, 3.05) is 11.9 Å². The molecular weight excluding hydrogens is 238 g/mol. The fraction of sp³-hybridized carbons (Fsp3) is 0.667. The number of nitrogens with zero attached hydrogens (tertiary/aromatic N) is 2. The normalized spacial score (nSPS) is 14.4. The molecule has 0 spiro atoms. The molecule has 2 N–H and O–H groups in total. The van der Waals surface area contributed by atoms with Gasteiger partial charge in [0.05, 0.1) is 5.60 Å². The second-order valence-electron chi connectivity index (χ2n) is 4.45. The van der Waals surface area contributed by atoms with Gasteiger partial charge in [0.2, 0.25) is 0 Å². The summed E-state index contributed by atoms with van der Waals surface area (Å²) in [7, 11) is 0. The Balaban J connectivity index is 2.72. The lowest BCUT2D eigenvalue weighted by Gasteiger charge is -2.23. The van der Waals surface area contributed by atoms with Gasteiger partial charge in [-0.1, -0.05) is 31.9 Å². The van der Waals surface area contributed by atoms with Crippen LogP contribution in [0.5, 0.6) is 0 Å². The van der Waals surface area contributed by atoms with E-state index in [0.717, 1.165) is 24.8 Å². The summed E-state index contributed by atoms with van der Waals surface area (Å²) in [6.45, 7) is 6.33. The number of nitrogens with one attached hydrogen (secondary N) is 1. The van der Waals surface area contributed by atoms with E-state index in [0.29, 0.717) is 17.5 Å². The van der Waals surface area contributed by atoms with Crippen molar-refractivity contribution in [1.82, 2.24) is 9.97 Å². The molecule has 1 atom stereocenters. The molecule has 0 saturated heterocycles. The third-order valence-corrected chi connectivity index (χ3v) is 3.00. The first-order valence-corrected chi connectivity index (χ1v) is 6.33. The molecule has 96 valence electrons. The van der Waals surface area contributed by atoms with Crippen LogP contribution in [-0.2, 0) is 6.42 Å². The predicted octanol–water partition coefficient (Wildman–Crippen LogP) is 2.66. The van der Waals surface area contributed by atoms with E-state index in [2.05, 4.69) is 15.3 Å². The van der Waals surface area contributed by atoms with Crippen LogP contribution in [0, 0.1) is 0 Å². The third-order valence-electron chi connectivity index (χ3n) is 2.67. The summed E-state index contributed by atoms with van der Waals surface area (Å²) in [6.07, 6.45) is 3.89. The maximum atomic E-state index is 10.1. The third kappa shape index (κ3) is 4.13. The molecule has 0 bridgehead atoms. The van der Waals surface area contributed by atoms with E-state index in [9.17, 15) is 5.11 Å². The highest BCUT2D eigenvalue weighted by Gasteiger charge is 2.19. The van der Waals surface area contributed by atoms with Gasteiger partial charge in [0.1, 0.15) is 17.3 Å². The van der Waals surface area contributed by atoms with Crippen molar-refractivity contribution in [2.24, 2.45) is 0 Å². The fourth-order valence-electron chi connectivity index (χ4n) is 1.76. The molecule has 0 aromatic carbocycles. The van der Waals surface area contributed by atoms with Gasteiger partial charge >= 0.3 is 0 Å². The van der Waals surface area contributed by atoms with Crippen LogP contribution in [-0.4, -0.2) is 27.2 Å². The number of rotatable bonds is 6. The smallest absolute Gasteiger partial charge is 0.137 e. The number of anilines is 1. The molecular formula is C12H20ClN3O. The van der Waals surface area contributed by atoms with Crippen molar-refractivity contribution in [3.8, 4) is 0 Å². The Hall–Kier alpha value is -0.870. The molecule has 0 aliphatic carbocycles. The van der Waals surface area contributed by atoms with E-state index in [1.807, 2.05) is 20.8 Å². The Kier molecular flexibility index (Phi) is 5.15. The number of aromatic nitrogens is 2. The topological polar surface area (TPSA) is 58.0 Å². The monoisotopic (exact) mass is 257 g/mol. The molecule has 0 radical (unpaired) electrons. The van der Waals surface area contributed by atoms with E-state index in [1.54, 1.807) is 0 Å². The minimum absolute atomic E-state index is 0.460. The molecule has 1 rings (SSSR count). The Morgan fingerprint density at radius 3 is 2.71 bits per heavy atom. The Bertz CT molecular complexity index is 369. The quantitative estimate of drug-likeness (QED) is 0.770.